The van der Waals surface area contributed by atoms with Crippen LogP contribution in [0.15, 0.2) is 18.2 Å². The van der Waals surface area contributed by atoms with Crippen molar-refractivity contribution >= 4 is 11.6 Å². The number of aliphatic hydroxyl groups excluding tert-OH is 1. The second kappa shape index (κ2) is 6.41. The number of halogens is 1. The highest BCUT2D eigenvalue weighted by Crippen LogP contribution is 2.28. The van der Waals surface area contributed by atoms with Crippen LogP contribution in [0, 0.1) is 0 Å². The van der Waals surface area contributed by atoms with E-state index in [9.17, 15) is 5.11 Å². The van der Waals surface area contributed by atoms with Gasteiger partial charge >= 0.3 is 0 Å². The Labute approximate surface area is 113 Å². The normalized spacial score (nSPS) is 17.9. The average Bonchev–Trinajstić information content (AvgIpc) is 2.84. The van der Waals surface area contributed by atoms with Gasteiger partial charge in [-0.1, -0.05) is 11.6 Å². The molecule has 0 aromatic heterocycles. The number of ether oxygens (including phenoxy) is 1. The van der Waals surface area contributed by atoms with Gasteiger partial charge in [-0.25, -0.2) is 0 Å². The van der Waals surface area contributed by atoms with Crippen LogP contribution in [0.2, 0.25) is 5.02 Å². The lowest BCUT2D eigenvalue weighted by atomic mass is 10.1. The molecule has 4 heteroatoms. The van der Waals surface area contributed by atoms with Crippen molar-refractivity contribution in [3.05, 3.63) is 28.8 Å². The Morgan fingerprint density at radius 1 is 1.39 bits per heavy atom. The molecule has 0 spiro atoms. The number of hydrogen-bond donors (Lipinski definition) is 1. The Kier molecular flexibility index (Phi) is 4.87. The summed E-state index contributed by atoms with van der Waals surface area (Å²) in [6.45, 7) is 5.67. The molecule has 0 radical (unpaired) electrons. The fraction of sp³-hybridized carbons (Fsp3) is 0.571. The van der Waals surface area contributed by atoms with Crippen LogP contribution in [0.1, 0.15) is 31.4 Å². The van der Waals surface area contributed by atoms with Crippen molar-refractivity contribution in [2.45, 2.75) is 25.9 Å². The van der Waals surface area contributed by atoms with Crippen molar-refractivity contribution in [3.63, 3.8) is 0 Å². The molecule has 1 atom stereocenters. The summed E-state index contributed by atoms with van der Waals surface area (Å²) in [7, 11) is 0. The highest BCUT2D eigenvalue weighted by atomic mass is 35.5. The van der Waals surface area contributed by atoms with E-state index >= 15 is 0 Å². The Hall–Kier alpha value is -0.770. The van der Waals surface area contributed by atoms with Gasteiger partial charge in [-0.05, 0) is 51.1 Å². The van der Waals surface area contributed by atoms with E-state index in [1.807, 2.05) is 6.07 Å². The summed E-state index contributed by atoms with van der Waals surface area (Å²) in [4.78, 5) is 2.40. The molecule has 0 bridgehead atoms. The third-order valence-corrected chi connectivity index (χ3v) is 3.52. The van der Waals surface area contributed by atoms with Gasteiger partial charge < -0.3 is 9.84 Å². The summed E-state index contributed by atoms with van der Waals surface area (Å²) in [5.41, 5.74) is 0.754. The predicted octanol–water partition coefficient (Wildman–Crippen LogP) is 2.87. The molecule has 0 saturated carbocycles. The molecule has 1 aromatic carbocycles. The molecule has 1 aliphatic rings. The first-order valence-electron chi connectivity index (χ1n) is 6.49. The third kappa shape index (κ3) is 3.61. The first-order chi connectivity index (χ1) is 8.66. The molecule has 3 nitrogen and oxygen atoms in total. The molecule has 0 unspecified atom stereocenters. The van der Waals surface area contributed by atoms with Gasteiger partial charge in [0.05, 0.1) is 6.10 Å². The molecule has 1 fully saturated rings. The van der Waals surface area contributed by atoms with E-state index in [1.54, 1.807) is 19.1 Å². The fourth-order valence-electron chi connectivity index (χ4n) is 2.27. The summed E-state index contributed by atoms with van der Waals surface area (Å²) in [5, 5.41) is 10.3. The highest BCUT2D eigenvalue weighted by molar-refractivity contribution is 6.30. The minimum atomic E-state index is -0.564. The first kappa shape index (κ1) is 13.7. The van der Waals surface area contributed by atoms with Crippen LogP contribution in [-0.2, 0) is 0 Å². The third-order valence-electron chi connectivity index (χ3n) is 3.29. The van der Waals surface area contributed by atoms with Crippen LogP contribution >= 0.6 is 11.6 Å². The van der Waals surface area contributed by atoms with E-state index in [0.717, 1.165) is 17.9 Å². The molecule has 1 N–H and O–H groups in total. The molecule has 0 aliphatic carbocycles. The highest BCUT2D eigenvalue weighted by Gasteiger charge is 2.13. The van der Waals surface area contributed by atoms with Gasteiger partial charge in [-0.2, -0.15) is 0 Å². The van der Waals surface area contributed by atoms with Crippen molar-refractivity contribution in [1.29, 1.82) is 0 Å². The van der Waals surface area contributed by atoms with Crippen molar-refractivity contribution in [2.24, 2.45) is 0 Å². The van der Waals surface area contributed by atoms with Gasteiger partial charge in [-0.15, -0.1) is 0 Å². The maximum atomic E-state index is 9.69. The zero-order valence-electron chi connectivity index (χ0n) is 10.7. The number of benzene rings is 1. The van der Waals surface area contributed by atoms with Crippen LogP contribution in [0.3, 0.4) is 0 Å². The van der Waals surface area contributed by atoms with Gasteiger partial charge in [0, 0.05) is 17.1 Å². The Morgan fingerprint density at radius 2 is 2.11 bits per heavy atom. The van der Waals surface area contributed by atoms with Crippen LogP contribution in [0.25, 0.3) is 0 Å². The fourth-order valence-corrected chi connectivity index (χ4v) is 2.45. The number of likely N-dealkylation sites (tertiary alicyclic amines) is 1. The molecule has 1 heterocycles. The van der Waals surface area contributed by atoms with E-state index in [2.05, 4.69) is 4.90 Å². The van der Waals surface area contributed by atoms with Crippen LogP contribution in [-0.4, -0.2) is 36.2 Å². The SMILES string of the molecule is C[C@@H](O)c1cc(Cl)ccc1OCCN1CCCC1. The molecular weight excluding hydrogens is 250 g/mol. The Morgan fingerprint density at radius 3 is 2.78 bits per heavy atom. The van der Waals surface area contributed by atoms with Gasteiger partial charge in [-0.3, -0.25) is 4.90 Å². The quantitative estimate of drug-likeness (QED) is 0.892. The molecule has 100 valence electrons. The molecule has 18 heavy (non-hydrogen) atoms. The minimum absolute atomic E-state index is 0.564. The van der Waals surface area contributed by atoms with E-state index in [-0.39, 0.29) is 0 Å². The molecule has 1 saturated heterocycles. The van der Waals surface area contributed by atoms with Gasteiger partial charge in [0.25, 0.3) is 0 Å². The van der Waals surface area contributed by atoms with Crippen molar-refractivity contribution < 1.29 is 9.84 Å². The summed E-state index contributed by atoms with van der Waals surface area (Å²) in [6.07, 6.45) is 2.02. The number of nitrogens with zero attached hydrogens (tertiary/aromatic N) is 1. The van der Waals surface area contributed by atoms with Gasteiger partial charge in [0.1, 0.15) is 12.4 Å². The number of aliphatic hydroxyl groups is 1. The average molecular weight is 270 g/mol. The maximum absolute atomic E-state index is 9.69. The van der Waals surface area contributed by atoms with Crippen molar-refractivity contribution in [3.8, 4) is 5.75 Å². The van der Waals surface area contributed by atoms with Gasteiger partial charge in [0.2, 0.25) is 0 Å². The lowest BCUT2D eigenvalue weighted by molar-refractivity contribution is 0.186. The van der Waals surface area contributed by atoms with Crippen molar-refractivity contribution in [1.82, 2.24) is 4.90 Å². The maximum Gasteiger partial charge on any atom is 0.125 e. The largest absolute Gasteiger partial charge is 0.492 e. The summed E-state index contributed by atoms with van der Waals surface area (Å²) in [5.74, 6) is 0.730. The standard InChI is InChI=1S/C14H20ClNO2/c1-11(17)13-10-12(15)4-5-14(13)18-9-8-16-6-2-3-7-16/h4-5,10-11,17H,2-3,6-9H2,1H3/t11-/m1/s1. The minimum Gasteiger partial charge on any atom is -0.492 e. The molecule has 1 aromatic rings. The Balaban J connectivity index is 1.91. The van der Waals surface area contributed by atoms with Gasteiger partial charge in [0.15, 0.2) is 0 Å². The van der Waals surface area contributed by atoms with Crippen LogP contribution in [0.4, 0.5) is 0 Å². The lowest BCUT2D eigenvalue weighted by Gasteiger charge is -2.17. The van der Waals surface area contributed by atoms with Crippen LogP contribution < -0.4 is 4.74 Å². The summed E-state index contributed by atoms with van der Waals surface area (Å²) >= 11 is 5.92. The van der Waals surface area contributed by atoms with E-state index in [0.29, 0.717) is 11.6 Å². The predicted molar refractivity (Wildman–Crippen MR) is 73.3 cm³/mol. The molecule has 1 aliphatic heterocycles. The number of rotatable bonds is 5. The van der Waals surface area contributed by atoms with Crippen molar-refractivity contribution in [2.75, 3.05) is 26.2 Å². The smallest absolute Gasteiger partial charge is 0.125 e. The second-order valence-corrected chi connectivity index (χ2v) is 5.19. The monoisotopic (exact) mass is 269 g/mol. The topological polar surface area (TPSA) is 32.7 Å². The number of hydrogen-bond acceptors (Lipinski definition) is 3. The zero-order chi connectivity index (χ0) is 13.0. The van der Waals surface area contributed by atoms with E-state index < -0.39 is 6.10 Å². The first-order valence-corrected chi connectivity index (χ1v) is 6.87. The summed E-state index contributed by atoms with van der Waals surface area (Å²) in [6, 6.07) is 5.38. The molecular formula is C14H20ClNO2. The molecule has 0 amide bonds. The lowest BCUT2D eigenvalue weighted by Crippen LogP contribution is -2.25. The second-order valence-electron chi connectivity index (χ2n) is 4.76. The zero-order valence-corrected chi connectivity index (χ0v) is 11.5. The summed E-state index contributed by atoms with van der Waals surface area (Å²) < 4.78 is 5.76. The van der Waals surface area contributed by atoms with Crippen LogP contribution in [0.5, 0.6) is 5.75 Å². The van der Waals surface area contributed by atoms with E-state index in [1.165, 1.54) is 25.9 Å². The molecule has 2 rings (SSSR count). The Bertz CT molecular complexity index is 389. The van der Waals surface area contributed by atoms with E-state index in [4.69, 9.17) is 16.3 Å².